The number of rotatable bonds is 0. The maximum absolute atomic E-state index is 6.33. The predicted molar refractivity (Wildman–Crippen MR) is 500 cm³/mol. The van der Waals surface area contributed by atoms with Crippen LogP contribution in [0.2, 0.25) is 0 Å². The van der Waals surface area contributed by atoms with Crippen molar-refractivity contribution in [2.24, 2.45) is 0 Å². The van der Waals surface area contributed by atoms with Gasteiger partial charge in [-0.25, -0.2) is 0 Å². The standard InChI is InChI=1S/C28H24.C22H17BO3.C22H19BO2.C22H19N.C16H17N/c1-28(2,3)19-16-17-26-24-14-7-6-12-22(24)20-10-4-5-11-21(20)23-13-8-9-15-25(23)27(26)18-19;1-22(2,3)12-10-17-21-18(11-12)26-16-9-5-7-14-20(16)23(21)19-13(24-14)6-4-8-15(19)25-17;1-22(2,3)14-12-19-21-20(13-14)25-18-11-7-5-9-16(18)23(21)15-8-4-6-10-17(15)24-19;1-22(2,3)14-12-17-15-8-4-6-10-19(15)23-20-11-7-5-9-16(20)18(13-14)21(17)23;1-16(2,3)17-14-10-6-4-8-12(14)13-9-5-7-11-15(13)17/h4-18H,1-3H3;4-11H,1-3H3;4-13H,1-3H3;4-13H,1-3H3;4-11H,1-3H3. The summed E-state index contributed by atoms with van der Waals surface area (Å²) in [6.07, 6.45) is 0. The highest BCUT2D eigenvalue weighted by Gasteiger charge is 2.47. The molecule has 0 radical (unpaired) electrons. The molecular weight excluding hydrogens is 1450 g/mol. The van der Waals surface area contributed by atoms with Gasteiger partial charge in [0.1, 0.15) is 57.5 Å². The van der Waals surface area contributed by atoms with Gasteiger partial charge < -0.3 is 32.7 Å². The lowest BCUT2D eigenvalue weighted by Crippen LogP contribution is -2.59. The minimum Gasteiger partial charge on any atom is -0.458 e. The van der Waals surface area contributed by atoms with Crippen LogP contribution < -0.4 is 56.5 Å². The molecule has 7 nitrogen and oxygen atoms in total. The molecule has 8 heterocycles. The molecule has 1 aliphatic carbocycles. The summed E-state index contributed by atoms with van der Waals surface area (Å²) in [5, 5.41) is 8.14. The molecule has 18 aromatic rings. The quantitative estimate of drug-likeness (QED) is 0.142. The van der Waals surface area contributed by atoms with E-state index in [2.05, 4.69) is 374 Å². The number of para-hydroxylation sites is 6. The molecule has 0 atom stereocenters. The van der Waals surface area contributed by atoms with Crippen LogP contribution in [0.5, 0.6) is 57.5 Å². The molecular formula is C110H96B2N2O5. The number of fused-ring (bicyclic) bond motifs is 21. The van der Waals surface area contributed by atoms with E-state index in [0.717, 1.165) is 79.3 Å². The van der Waals surface area contributed by atoms with Crippen molar-refractivity contribution in [3.05, 3.63) is 332 Å². The summed E-state index contributed by atoms with van der Waals surface area (Å²) in [6.45, 7) is 34.0. The Morgan fingerprint density at radius 3 is 0.866 bits per heavy atom. The molecule has 0 unspecified atom stereocenters. The van der Waals surface area contributed by atoms with Crippen molar-refractivity contribution >= 4 is 106 Å². The van der Waals surface area contributed by atoms with Gasteiger partial charge in [-0.1, -0.05) is 289 Å². The van der Waals surface area contributed by atoms with Gasteiger partial charge in [0.2, 0.25) is 0 Å². The fraction of sp³-hybridized carbons (Fsp3) is 0.182. The third-order valence-electron chi connectivity index (χ3n) is 24.9. The van der Waals surface area contributed by atoms with Gasteiger partial charge in [-0.05, 0) is 223 Å². The van der Waals surface area contributed by atoms with Gasteiger partial charge in [0, 0.05) is 70.7 Å². The van der Waals surface area contributed by atoms with E-state index in [-0.39, 0.29) is 40.6 Å². The van der Waals surface area contributed by atoms with Crippen molar-refractivity contribution in [2.75, 3.05) is 0 Å². The van der Waals surface area contributed by atoms with Gasteiger partial charge >= 0.3 is 0 Å². The fourth-order valence-electron chi connectivity index (χ4n) is 18.9. The van der Waals surface area contributed by atoms with E-state index in [9.17, 15) is 0 Å². The summed E-state index contributed by atoms with van der Waals surface area (Å²) in [5.41, 5.74) is 29.5. The minimum atomic E-state index is 0.0121. The summed E-state index contributed by atoms with van der Waals surface area (Å²) in [6, 6.07) is 110. The second-order valence-electron chi connectivity index (χ2n) is 37.8. The summed E-state index contributed by atoms with van der Waals surface area (Å²) >= 11 is 0. The topological polar surface area (TPSA) is 55.5 Å². The first-order valence-corrected chi connectivity index (χ1v) is 42.0. The van der Waals surface area contributed by atoms with Crippen molar-refractivity contribution in [1.29, 1.82) is 0 Å². The summed E-state index contributed by atoms with van der Waals surface area (Å²) in [4.78, 5) is 0. The highest BCUT2D eigenvalue weighted by atomic mass is 16.5. The van der Waals surface area contributed by atoms with E-state index in [0.29, 0.717) is 0 Å². The zero-order valence-electron chi connectivity index (χ0n) is 70.5. The maximum atomic E-state index is 6.33. The molecule has 0 N–H and O–H groups in total. The Bertz CT molecular complexity index is 6850. The minimum absolute atomic E-state index is 0.0121. The first-order valence-electron chi connectivity index (χ1n) is 42.0. The molecule has 0 spiro atoms. The van der Waals surface area contributed by atoms with Gasteiger partial charge in [0.25, 0.3) is 13.4 Å². The van der Waals surface area contributed by atoms with E-state index in [1.54, 1.807) is 0 Å². The molecule has 0 saturated carbocycles. The second-order valence-corrected chi connectivity index (χ2v) is 37.8. The SMILES string of the molecule is CC(C)(C)c1cc2c3c(c1)Oc1cccc4c1B3c1c(cccc1O2)O4.CC(C)(C)c1cc2c3c(c1)Oc1ccccc1B3c1ccccc1O2.CC(C)(C)c1cc2c3ccccc3n3c4ccccc4c(c1)c23.CC(C)(C)c1ccc2c(c1)-c1ccccc1-c1ccccc1-c1ccccc1-2.CC(C)(C)n1c2ccccc2c2ccccc21. The zero-order valence-corrected chi connectivity index (χ0v) is 70.5. The monoisotopic (exact) mass is 1550 g/mol. The predicted octanol–water partition coefficient (Wildman–Crippen LogP) is 26.2. The van der Waals surface area contributed by atoms with E-state index >= 15 is 0 Å². The molecule has 6 aliphatic rings. The summed E-state index contributed by atoms with van der Waals surface area (Å²) in [5.74, 6) is 8.99. The Morgan fingerprint density at radius 2 is 0.487 bits per heavy atom. The number of ether oxygens (including phenoxy) is 5. The van der Waals surface area contributed by atoms with Gasteiger partial charge in [0.05, 0.1) is 16.6 Å². The molecule has 0 bridgehead atoms. The second kappa shape index (κ2) is 27.8. The first-order chi connectivity index (χ1) is 57.2. The smallest absolute Gasteiger partial charge is 0.270 e. The molecule has 0 fully saturated rings. The van der Waals surface area contributed by atoms with Crippen LogP contribution in [0.4, 0.5) is 0 Å². The maximum Gasteiger partial charge on any atom is 0.270 e. The summed E-state index contributed by atoms with van der Waals surface area (Å²) in [7, 11) is 0. The van der Waals surface area contributed by atoms with Crippen LogP contribution in [0.15, 0.2) is 309 Å². The highest BCUT2D eigenvalue weighted by molar-refractivity contribution is 7.00. The lowest BCUT2D eigenvalue weighted by atomic mass is 9.34. The number of hydrogen-bond acceptors (Lipinski definition) is 5. The molecule has 15 aromatic carbocycles. The third kappa shape index (κ3) is 12.6. The van der Waals surface area contributed by atoms with Crippen LogP contribution in [-0.2, 0) is 27.2 Å². The van der Waals surface area contributed by atoms with Crippen LogP contribution in [0.1, 0.15) is 126 Å². The molecule has 0 saturated heterocycles. The molecule has 3 aromatic heterocycles. The lowest BCUT2D eigenvalue weighted by molar-refractivity contribution is 0.423. The fourth-order valence-corrected chi connectivity index (χ4v) is 18.9. The lowest BCUT2D eigenvalue weighted by Gasteiger charge is -2.38. The van der Waals surface area contributed by atoms with Gasteiger partial charge in [-0.2, -0.15) is 0 Å². The van der Waals surface area contributed by atoms with Gasteiger partial charge in [-0.3, -0.25) is 0 Å². The largest absolute Gasteiger partial charge is 0.458 e. The van der Waals surface area contributed by atoms with E-state index in [1.807, 2.05) is 48.5 Å². The Labute approximate surface area is 698 Å². The Hall–Kier alpha value is -13.0. The van der Waals surface area contributed by atoms with Gasteiger partial charge in [0.15, 0.2) is 0 Å². The normalized spacial score (nSPS) is 13.3. The van der Waals surface area contributed by atoms with Crippen LogP contribution in [0.25, 0.3) is 104 Å². The molecule has 9 heteroatoms. The van der Waals surface area contributed by atoms with Crippen LogP contribution in [-0.4, -0.2) is 22.4 Å². The average molecular weight is 1550 g/mol. The third-order valence-corrected chi connectivity index (χ3v) is 24.9. The Morgan fingerprint density at radius 1 is 0.210 bits per heavy atom. The van der Waals surface area contributed by atoms with Gasteiger partial charge in [-0.15, -0.1) is 0 Å². The number of aromatic nitrogens is 2. The number of nitrogens with zero attached hydrogens (tertiary/aromatic N) is 2. The highest BCUT2D eigenvalue weighted by Crippen LogP contribution is 2.51. The van der Waals surface area contributed by atoms with E-state index < -0.39 is 0 Å². The van der Waals surface area contributed by atoms with Crippen molar-refractivity contribution in [1.82, 2.24) is 8.97 Å². The van der Waals surface area contributed by atoms with E-state index in [4.69, 9.17) is 23.7 Å². The molecule has 0 amide bonds. The van der Waals surface area contributed by atoms with Crippen LogP contribution in [0.3, 0.4) is 0 Å². The molecule has 119 heavy (non-hydrogen) atoms. The van der Waals surface area contributed by atoms with Crippen molar-refractivity contribution in [3.8, 4) is 102 Å². The van der Waals surface area contributed by atoms with Crippen molar-refractivity contribution < 1.29 is 23.7 Å². The number of hydrogen-bond donors (Lipinski definition) is 0. The summed E-state index contributed by atoms with van der Waals surface area (Å²) < 4.78 is 36.3. The molecule has 582 valence electrons. The number of benzene rings is 15. The Kier molecular flexibility index (Phi) is 17.5. The van der Waals surface area contributed by atoms with Crippen LogP contribution >= 0.6 is 0 Å². The molecule has 24 rings (SSSR count). The zero-order chi connectivity index (χ0) is 81.9. The van der Waals surface area contributed by atoms with Crippen molar-refractivity contribution in [3.63, 3.8) is 0 Å². The van der Waals surface area contributed by atoms with Crippen molar-refractivity contribution in [2.45, 2.75) is 131 Å². The Balaban J connectivity index is 0.0000000960. The first kappa shape index (κ1) is 74.8. The van der Waals surface area contributed by atoms with Crippen LogP contribution in [0, 0.1) is 0 Å². The van der Waals surface area contributed by atoms with E-state index in [1.165, 1.54) is 138 Å². The average Bonchev–Trinajstić information content (AvgIpc) is 1.68. The molecule has 5 aliphatic heterocycles.